The molecule has 4 rings (SSSR count). The van der Waals surface area contributed by atoms with Crippen molar-refractivity contribution in [2.75, 3.05) is 33.0 Å². The number of carbonyl (C=O) groups excluding carboxylic acids is 1. The van der Waals surface area contributed by atoms with Gasteiger partial charge in [-0.05, 0) is 55.8 Å². The second-order valence-corrected chi connectivity index (χ2v) is 7.49. The lowest BCUT2D eigenvalue weighted by molar-refractivity contribution is -0.134. The first-order valence-electron chi connectivity index (χ1n) is 10.3. The van der Waals surface area contributed by atoms with Crippen molar-refractivity contribution < 1.29 is 19.0 Å². The van der Waals surface area contributed by atoms with Gasteiger partial charge in [-0.3, -0.25) is 9.69 Å². The zero-order valence-corrected chi connectivity index (χ0v) is 16.9. The van der Waals surface area contributed by atoms with E-state index in [2.05, 4.69) is 11.8 Å². The molecule has 29 heavy (non-hydrogen) atoms. The minimum absolute atomic E-state index is 0.00512. The number of carbonyl (C=O) groups is 1. The van der Waals surface area contributed by atoms with Crippen LogP contribution < -0.4 is 14.2 Å². The van der Waals surface area contributed by atoms with Crippen LogP contribution in [0.2, 0.25) is 0 Å². The lowest BCUT2D eigenvalue weighted by Gasteiger charge is -2.30. The number of likely N-dealkylation sites (N-methyl/N-ethyl adjacent to an activating group) is 1. The van der Waals surface area contributed by atoms with Gasteiger partial charge in [0.05, 0.1) is 0 Å². The fraction of sp³-hybridized carbons (Fsp3) is 0.435. The van der Waals surface area contributed by atoms with Gasteiger partial charge in [-0.1, -0.05) is 31.2 Å². The molecule has 1 saturated heterocycles. The normalized spacial score (nSPS) is 18.0. The van der Waals surface area contributed by atoms with Gasteiger partial charge in [-0.2, -0.15) is 0 Å². The Morgan fingerprint density at radius 3 is 2.83 bits per heavy atom. The van der Waals surface area contributed by atoms with E-state index < -0.39 is 0 Å². The maximum atomic E-state index is 13.1. The molecule has 2 aromatic carbocycles. The molecule has 0 N–H and O–H groups in total. The van der Waals surface area contributed by atoms with Gasteiger partial charge in [0.2, 0.25) is 6.79 Å². The third kappa shape index (κ3) is 4.82. The van der Waals surface area contributed by atoms with Crippen molar-refractivity contribution in [2.45, 2.75) is 32.4 Å². The van der Waals surface area contributed by atoms with Crippen LogP contribution in [0, 0.1) is 0 Å². The van der Waals surface area contributed by atoms with Crippen LogP contribution in [-0.4, -0.2) is 54.8 Å². The maximum absolute atomic E-state index is 13.1. The lowest BCUT2D eigenvalue weighted by atomic mass is 10.1. The predicted octanol–water partition coefficient (Wildman–Crippen LogP) is 3.31. The Kier molecular flexibility index (Phi) is 6.20. The molecule has 1 atom stereocenters. The van der Waals surface area contributed by atoms with Gasteiger partial charge in [-0.25, -0.2) is 0 Å². The highest BCUT2D eigenvalue weighted by molar-refractivity contribution is 5.78. The molecule has 1 fully saturated rings. The fourth-order valence-electron chi connectivity index (χ4n) is 4.04. The van der Waals surface area contributed by atoms with Gasteiger partial charge < -0.3 is 19.1 Å². The average Bonchev–Trinajstić information content (AvgIpc) is 3.40. The van der Waals surface area contributed by atoms with Crippen LogP contribution in [0.25, 0.3) is 0 Å². The molecule has 0 aliphatic carbocycles. The molecule has 0 spiro atoms. The van der Waals surface area contributed by atoms with Gasteiger partial charge in [0.15, 0.2) is 18.1 Å². The van der Waals surface area contributed by atoms with Crippen LogP contribution in [0.15, 0.2) is 48.5 Å². The first-order chi connectivity index (χ1) is 14.2. The Morgan fingerprint density at radius 2 is 2.00 bits per heavy atom. The lowest BCUT2D eigenvalue weighted by Crippen LogP contribution is -2.44. The molecule has 0 saturated carbocycles. The number of para-hydroxylation sites is 1. The van der Waals surface area contributed by atoms with E-state index in [-0.39, 0.29) is 19.3 Å². The van der Waals surface area contributed by atoms with E-state index in [1.165, 1.54) is 6.42 Å². The first-order valence-corrected chi connectivity index (χ1v) is 10.3. The molecule has 1 unspecified atom stereocenters. The van der Waals surface area contributed by atoms with Crippen molar-refractivity contribution in [3.05, 3.63) is 54.1 Å². The molecule has 0 bridgehead atoms. The number of likely N-dealkylation sites (tertiary alicyclic amines) is 1. The second kappa shape index (κ2) is 9.18. The van der Waals surface area contributed by atoms with Gasteiger partial charge in [0, 0.05) is 19.1 Å². The van der Waals surface area contributed by atoms with Crippen LogP contribution in [0.4, 0.5) is 0 Å². The summed E-state index contributed by atoms with van der Waals surface area (Å²) < 4.78 is 16.6. The number of amides is 1. The number of fused-ring (bicyclic) bond motifs is 1. The van der Waals surface area contributed by atoms with E-state index in [0.29, 0.717) is 24.9 Å². The summed E-state index contributed by atoms with van der Waals surface area (Å²) in [4.78, 5) is 17.4. The molecule has 1 amide bonds. The molecular formula is C23H28N2O4. The van der Waals surface area contributed by atoms with Gasteiger partial charge in [0.25, 0.3) is 5.91 Å². The van der Waals surface area contributed by atoms with E-state index in [1.54, 1.807) is 0 Å². The Balaban J connectivity index is 1.46. The minimum Gasteiger partial charge on any atom is -0.484 e. The van der Waals surface area contributed by atoms with Crippen molar-refractivity contribution >= 4 is 5.91 Å². The molecule has 6 nitrogen and oxygen atoms in total. The Hall–Kier alpha value is -2.73. The largest absolute Gasteiger partial charge is 0.484 e. The van der Waals surface area contributed by atoms with E-state index in [4.69, 9.17) is 14.2 Å². The van der Waals surface area contributed by atoms with Crippen LogP contribution >= 0.6 is 0 Å². The van der Waals surface area contributed by atoms with Crippen molar-refractivity contribution in [1.29, 1.82) is 0 Å². The van der Waals surface area contributed by atoms with E-state index in [9.17, 15) is 4.79 Å². The summed E-state index contributed by atoms with van der Waals surface area (Å²) in [7, 11) is 0. The summed E-state index contributed by atoms with van der Waals surface area (Å²) in [5, 5.41) is 0. The zero-order chi connectivity index (χ0) is 20.1. The van der Waals surface area contributed by atoms with Crippen LogP contribution in [-0.2, 0) is 11.3 Å². The Labute approximate surface area is 172 Å². The number of benzene rings is 2. The van der Waals surface area contributed by atoms with E-state index in [1.807, 2.05) is 53.4 Å². The van der Waals surface area contributed by atoms with Crippen molar-refractivity contribution in [2.24, 2.45) is 0 Å². The minimum atomic E-state index is -0.00512. The van der Waals surface area contributed by atoms with Crippen molar-refractivity contribution in [3.63, 3.8) is 0 Å². The third-order valence-electron chi connectivity index (χ3n) is 5.61. The quantitative estimate of drug-likeness (QED) is 0.685. The van der Waals surface area contributed by atoms with Gasteiger partial charge in [-0.15, -0.1) is 0 Å². The van der Waals surface area contributed by atoms with E-state index in [0.717, 1.165) is 36.6 Å². The summed E-state index contributed by atoms with van der Waals surface area (Å²) in [5.74, 6) is 2.20. The van der Waals surface area contributed by atoms with Crippen LogP contribution in [0.3, 0.4) is 0 Å². The van der Waals surface area contributed by atoms with Gasteiger partial charge >= 0.3 is 0 Å². The standard InChI is InChI=1S/C23H28N2O4/c1-2-24-12-6-7-19(24)15-25(23(26)16-27-20-8-4-3-5-9-20)14-18-10-11-21-22(13-18)29-17-28-21/h3-5,8-11,13,19H,2,6-7,12,14-17H2,1H3. The molecule has 0 radical (unpaired) electrons. The molecule has 6 heteroatoms. The molecular weight excluding hydrogens is 368 g/mol. The monoisotopic (exact) mass is 396 g/mol. The number of hydrogen-bond acceptors (Lipinski definition) is 5. The Bertz CT molecular complexity index is 827. The van der Waals surface area contributed by atoms with Crippen molar-refractivity contribution in [3.8, 4) is 17.2 Å². The maximum Gasteiger partial charge on any atom is 0.260 e. The number of rotatable bonds is 8. The predicted molar refractivity (Wildman–Crippen MR) is 110 cm³/mol. The smallest absolute Gasteiger partial charge is 0.260 e. The molecule has 2 aliphatic rings. The first kappa shape index (κ1) is 19.6. The molecule has 154 valence electrons. The Morgan fingerprint density at radius 1 is 1.17 bits per heavy atom. The summed E-state index contributed by atoms with van der Waals surface area (Å²) in [6, 6.07) is 15.7. The average molecular weight is 396 g/mol. The van der Waals surface area contributed by atoms with Crippen LogP contribution in [0.5, 0.6) is 17.2 Å². The summed E-state index contributed by atoms with van der Waals surface area (Å²) in [6.07, 6.45) is 2.31. The molecule has 2 aliphatic heterocycles. The van der Waals surface area contributed by atoms with Crippen molar-refractivity contribution in [1.82, 2.24) is 9.80 Å². The number of hydrogen-bond donors (Lipinski definition) is 0. The molecule has 2 heterocycles. The summed E-state index contributed by atoms with van der Waals surface area (Å²) >= 11 is 0. The molecule has 2 aromatic rings. The van der Waals surface area contributed by atoms with E-state index >= 15 is 0 Å². The summed E-state index contributed by atoms with van der Waals surface area (Å²) in [5.41, 5.74) is 1.03. The zero-order valence-electron chi connectivity index (χ0n) is 16.9. The van der Waals surface area contributed by atoms with Gasteiger partial charge in [0.1, 0.15) is 5.75 Å². The number of nitrogens with zero attached hydrogens (tertiary/aromatic N) is 2. The topological polar surface area (TPSA) is 51.2 Å². The number of ether oxygens (including phenoxy) is 3. The highest BCUT2D eigenvalue weighted by Crippen LogP contribution is 2.33. The SMILES string of the molecule is CCN1CCCC1CN(Cc1ccc2c(c1)OCO2)C(=O)COc1ccccc1. The highest BCUT2D eigenvalue weighted by Gasteiger charge is 2.27. The molecule has 0 aromatic heterocycles. The summed E-state index contributed by atoms with van der Waals surface area (Å²) in [6.45, 7) is 5.82. The van der Waals surface area contributed by atoms with Crippen LogP contribution in [0.1, 0.15) is 25.3 Å². The fourth-order valence-corrected chi connectivity index (χ4v) is 4.04. The highest BCUT2D eigenvalue weighted by atomic mass is 16.7. The third-order valence-corrected chi connectivity index (χ3v) is 5.61. The second-order valence-electron chi connectivity index (χ2n) is 7.49.